The van der Waals surface area contributed by atoms with Gasteiger partial charge in [-0.05, 0) is 24.1 Å². The SMILES string of the molecule is CC.CC.CCc1ccc(S(=O)ON(C)C(C)[C-]=O)cc1.II.[Y]. The number of aryl methyl sites for hydroxylation is 1. The molecule has 139 valence electrons. The summed E-state index contributed by atoms with van der Waals surface area (Å²) in [6.07, 6.45) is 2.69. The van der Waals surface area contributed by atoms with Gasteiger partial charge in [-0.25, -0.2) is 10.5 Å². The maximum absolute atomic E-state index is 11.8. The first kappa shape index (κ1) is 33.1. The second-order valence-electron chi connectivity index (χ2n) is 3.65. The quantitative estimate of drug-likeness (QED) is 0.232. The first-order valence-corrected chi connectivity index (χ1v) is 14.9. The van der Waals surface area contributed by atoms with Crippen LogP contribution < -0.4 is 0 Å². The largest absolute Gasteiger partial charge is 0.540 e. The Morgan fingerprint density at radius 1 is 1.17 bits per heavy atom. The maximum Gasteiger partial charge on any atom is 0.206 e. The normalized spacial score (nSPS) is 11.1. The summed E-state index contributed by atoms with van der Waals surface area (Å²) in [4.78, 5) is 11.0. The summed E-state index contributed by atoms with van der Waals surface area (Å²) in [5.41, 5.74) is 1.17. The predicted octanol–water partition coefficient (Wildman–Crippen LogP) is 5.45. The molecule has 24 heavy (non-hydrogen) atoms. The van der Waals surface area contributed by atoms with Crippen LogP contribution in [0.4, 0.5) is 0 Å². The Morgan fingerprint density at radius 2 is 1.58 bits per heavy atom. The van der Waals surface area contributed by atoms with Crippen molar-refractivity contribution in [1.29, 1.82) is 0 Å². The molecule has 0 fully saturated rings. The Hall–Kier alpha value is 1.52. The van der Waals surface area contributed by atoms with Gasteiger partial charge in [0, 0.05) is 77.0 Å². The van der Waals surface area contributed by atoms with Gasteiger partial charge in [0.1, 0.15) is 0 Å². The van der Waals surface area contributed by atoms with E-state index in [1.807, 2.05) is 39.8 Å². The van der Waals surface area contributed by atoms with Crippen LogP contribution in [0.3, 0.4) is 0 Å². The molecule has 0 spiro atoms. The van der Waals surface area contributed by atoms with Crippen molar-refractivity contribution in [3.05, 3.63) is 29.8 Å². The fourth-order valence-electron chi connectivity index (χ4n) is 1.12. The molecule has 2 atom stereocenters. The van der Waals surface area contributed by atoms with Crippen LogP contribution in [0.5, 0.6) is 0 Å². The van der Waals surface area contributed by atoms with Crippen LogP contribution in [0.25, 0.3) is 0 Å². The van der Waals surface area contributed by atoms with Gasteiger partial charge in [0.15, 0.2) is 0 Å². The van der Waals surface area contributed by atoms with Crippen molar-refractivity contribution in [2.75, 3.05) is 7.05 Å². The van der Waals surface area contributed by atoms with Crippen molar-refractivity contribution < 1.29 is 46.0 Å². The van der Waals surface area contributed by atoms with E-state index >= 15 is 0 Å². The van der Waals surface area contributed by atoms with Gasteiger partial charge in [-0.1, -0.05) is 59.7 Å². The third-order valence-electron chi connectivity index (χ3n) is 2.43. The first-order chi connectivity index (χ1) is 11.1. The van der Waals surface area contributed by atoms with Crippen LogP contribution in [-0.2, 0) is 59.3 Å². The van der Waals surface area contributed by atoms with E-state index in [4.69, 9.17) is 4.28 Å². The molecule has 0 aliphatic rings. The molecule has 0 saturated heterocycles. The van der Waals surface area contributed by atoms with Crippen LogP contribution in [0.1, 0.15) is 47.1 Å². The molecule has 0 aliphatic heterocycles. The molecule has 0 bridgehead atoms. The third kappa shape index (κ3) is 15.8. The molecule has 2 unspecified atom stereocenters. The van der Waals surface area contributed by atoms with E-state index in [2.05, 4.69) is 44.2 Å². The monoisotopic (exact) mass is 657 g/mol. The number of nitrogens with zero attached hydrogens (tertiary/aromatic N) is 1. The van der Waals surface area contributed by atoms with Gasteiger partial charge < -0.3 is 4.79 Å². The molecule has 1 aromatic rings. The topological polar surface area (TPSA) is 46.6 Å². The van der Waals surface area contributed by atoms with E-state index in [9.17, 15) is 9.00 Å². The Morgan fingerprint density at radius 3 is 1.92 bits per heavy atom. The molecule has 4 nitrogen and oxygen atoms in total. The summed E-state index contributed by atoms with van der Waals surface area (Å²) >= 11 is 2.64. The Labute approximate surface area is 199 Å². The molecular weight excluding hydrogens is 629 g/mol. The Kier molecular flexibility index (Phi) is 33.9. The van der Waals surface area contributed by atoms with E-state index in [1.165, 1.54) is 10.6 Å². The molecule has 1 radical (unpaired) electrons. The minimum Gasteiger partial charge on any atom is -0.540 e. The van der Waals surface area contributed by atoms with Gasteiger partial charge >= 0.3 is 0 Å². The van der Waals surface area contributed by atoms with Gasteiger partial charge in [-0.15, -0.1) is 0 Å². The zero-order chi connectivity index (χ0) is 18.8. The molecule has 8 heteroatoms. The maximum atomic E-state index is 11.8. The summed E-state index contributed by atoms with van der Waals surface area (Å²) < 4.78 is 16.9. The van der Waals surface area contributed by atoms with E-state index in [-0.39, 0.29) is 32.7 Å². The zero-order valence-electron chi connectivity index (χ0n) is 15.5. The van der Waals surface area contributed by atoms with E-state index in [0.717, 1.165) is 6.42 Å². The van der Waals surface area contributed by atoms with Crippen molar-refractivity contribution in [2.24, 2.45) is 0 Å². The van der Waals surface area contributed by atoms with Crippen LogP contribution in [0, 0.1) is 0 Å². The van der Waals surface area contributed by atoms with Crippen molar-refractivity contribution in [2.45, 2.75) is 58.9 Å². The first-order valence-electron chi connectivity index (χ1n) is 7.52. The molecule has 1 rings (SSSR count). The van der Waals surface area contributed by atoms with E-state index in [1.54, 1.807) is 32.4 Å². The average Bonchev–Trinajstić information content (AvgIpc) is 2.65. The molecule has 0 heterocycles. The number of rotatable bonds is 6. The molecule has 0 aliphatic carbocycles. The summed E-state index contributed by atoms with van der Waals surface area (Å²) in [5.74, 6) is 0. The van der Waals surface area contributed by atoms with Crippen molar-refractivity contribution in [3.8, 4) is 0 Å². The van der Waals surface area contributed by atoms with Gasteiger partial charge in [-0.3, -0.25) is 0 Å². The number of halogens is 2. The Bertz CT molecular complexity index is 409. The molecule has 0 N–H and O–H groups in total. The van der Waals surface area contributed by atoms with E-state index < -0.39 is 17.1 Å². The summed E-state index contributed by atoms with van der Waals surface area (Å²) in [6, 6.07) is 6.79. The summed E-state index contributed by atoms with van der Waals surface area (Å²) in [7, 11) is 1.55. The molecule has 0 amide bonds. The number of likely N-dealkylation sites (N-methyl/N-ethyl adjacent to an activating group) is 1. The average molecular weight is 657 g/mol. The number of benzene rings is 1. The van der Waals surface area contributed by atoms with Gasteiger partial charge in [0.05, 0.1) is 4.90 Å². The minimum atomic E-state index is -1.60. The minimum absolute atomic E-state index is 0. The van der Waals surface area contributed by atoms with Gasteiger partial charge in [0.25, 0.3) is 0 Å². The second-order valence-corrected chi connectivity index (χ2v) is 4.74. The summed E-state index contributed by atoms with van der Waals surface area (Å²) in [5, 5.41) is 1.23. The summed E-state index contributed by atoms with van der Waals surface area (Å²) in [6.45, 7) is 11.7. The van der Waals surface area contributed by atoms with E-state index in [0.29, 0.717) is 4.90 Å². The van der Waals surface area contributed by atoms with Crippen molar-refractivity contribution in [1.82, 2.24) is 5.06 Å². The van der Waals surface area contributed by atoms with Gasteiger partial charge in [-0.2, -0.15) is 9.35 Å². The van der Waals surface area contributed by atoms with Crippen molar-refractivity contribution >= 4 is 54.6 Å². The fraction of sp³-hybridized carbons (Fsp3) is 0.562. The molecular formula is C16H28I2NO3SY-. The third-order valence-corrected chi connectivity index (χ3v) is 3.45. The van der Waals surface area contributed by atoms with Crippen LogP contribution in [0.15, 0.2) is 29.2 Å². The van der Waals surface area contributed by atoms with Crippen LogP contribution in [0.2, 0.25) is 0 Å². The van der Waals surface area contributed by atoms with Gasteiger partial charge in [0.2, 0.25) is 11.1 Å². The molecule has 0 aromatic heterocycles. The molecule has 0 saturated carbocycles. The van der Waals surface area contributed by atoms with Crippen LogP contribution >= 0.6 is 37.2 Å². The predicted molar refractivity (Wildman–Crippen MR) is 117 cm³/mol. The Balaban J connectivity index is -0.000000256. The fourth-order valence-corrected chi connectivity index (χ4v) is 1.91. The number of hydrogen-bond acceptors (Lipinski definition) is 4. The zero-order valence-corrected chi connectivity index (χ0v) is 23.5. The van der Waals surface area contributed by atoms with Crippen molar-refractivity contribution in [3.63, 3.8) is 0 Å². The second kappa shape index (κ2) is 24.5. The smallest absolute Gasteiger partial charge is 0.206 e. The van der Waals surface area contributed by atoms with Crippen LogP contribution in [-0.4, -0.2) is 28.6 Å². The number of hydroxylamine groups is 2. The number of carbonyl (C=O) groups excluding carboxylic acids is 1. The standard InChI is InChI=1S/C12H16NO3S.2C2H6.I2.Y/c1-4-11-5-7-12(8-6-11)17(15)16-13(3)10(2)9-14;3*1-2;/h5-8,10H,4H2,1-3H3;2*1-2H3;;/q-1;;;;. The number of hydrogen-bond donors (Lipinski definition) is 0. The molecule has 1 aromatic carbocycles.